The molecule has 0 amide bonds. The second-order valence-corrected chi connectivity index (χ2v) is 4.18. The van der Waals surface area contributed by atoms with E-state index in [4.69, 9.17) is 9.47 Å². The molecule has 0 N–H and O–H groups in total. The first-order valence-electron chi connectivity index (χ1n) is 4.93. The maximum Gasteiger partial charge on any atom is 0.143 e. The molecular weight excluding hydrogens is 168 g/mol. The predicted molar refractivity (Wildman–Crippen MR) is 47.5 cm³/mol. The molecule has 74 valence electrons. The maximum absolute atomic E-state index is 11.4. The number of ketones is 1. The Morgan fingerprint density at radius 1 is 1.62 bits per heavy atom. The van der Waals surface area contributed by atoms with Crippen LogP contribution in [0.4, 0.5) is 0 Å². The fourth-order valence-corrected chi connectivity index (χ4v) is 1.82. The summed E-state index contributed by atoms with van der Waals surface area (Å²) in [5.74, 6) is 0.347. The summed E-state index contributed by atoms with van der Waals surface area (Å²) < 4.78 is 10.8. The Labute approximate surface area is 78.4 Å². The lowest BCUT2D eigenvalue weighted by Gasteiger charge is -2.46. The third-order valence-corrected chi connectivity index (χ3v) is 3.42. The van der Waals surface area contributed by atoms with E-state index in [9.17, 15) is 4.79 Å². The highest BCUT2D eigenvalue weighted by Gasteiger charge is 2.51. The molecule has 3 nitrogen and oxygen atoms in total. The van der Waals surface area contributed by atoms with Crippen LogP contribution in [0.1, 0.15) is 26.7 Å². The first-order chi connectivity index (χ1) is 6.16. The van der Waals surface area contributed by atoms with Crippen molar-refractivity contribution in [1.29, 1.82) is 0 Å². The Bertz CT molecular complexity index is 222. The molecule has 2 rings (SSSR count). The minimum absolute atomic E-state index is 0.138. The van der Waals surface area contributed by atoms with Crippen LogP contribution in [0.25, 0.3) is 0 Å². The van der Waals surface area contributed by atoms with Gasteiger partial charge in [-0.1, -0.05) is 13.8 Å². The molecule has 1 saturated heterocycles. The average molecular weight is 184 g/mol. The average Bonchev–Trinajstić information content (AvgIpc) is 2.07. The number of carbonyl (C=O) groups excluding carboxylic acids is 1. The summed E-state index contributed by atoms with van der Waals surface area (Å²) in [6, 6.07) is 0. The lowest BCUT2D eigenvalue weighted by Crippen LogP contribution is -2.56. The van der Waals surface area contributed by atoms with Crippen molar-refractivity contribution in [3.8, 4) is 0 Å². The van der Waals surface area contributed by atoms with Gasteiger partial charge in [-0.2, -0.15) is 0 Å². The van der Waals surface area contributed by atoms with Crippen molar-refractivity contribution in [1.82, 2.24) is 0 Å². The van der Waals surface area contributed by atoms with Crippen LogP contribution in [0.15, 0.2) is 0 Å². The van der Waals surface area contributed by atoms with E-state index in [0.717, 1.165) is 6.42 Å². The number of Topliss-reactive ketones (excluding diaryl/α,β-unsaturated/α-hetero) is 1. The van der Waals surface area contributed by atoms with Crippen molar-refractivity contribution < 1.29 is 14.3 Å². The van der Waals surface area contributed by atoms with Crippen molar-refractivity contribution in [2.45, 2.75) is 38.9 Å². The highest BCUT2D eigenvalue weighted by atomic mass is 16.6. The zero-order valence-electron chi connectivity index (χ0n) is 8.21. The summed E-state index contributed by atoms with van der Waals surface area (Å²) >= 11 is 0. The standard InChI is InChI=1S/C10H16O3/c1-3-10(2)8(11)4-9(10)13-7-5-12-6-7/h7,9H,3-6H2,1-2H3. The molecule has 2 atom stereocenters. The second kappa shape index (κ2) is 3.07. The molecule has 0 aromatic rings. The SMILES string of the molecule is CCC1(C)C(=O)CC1OC1COC1. The molecule has 0 radical (unpaired) electrons. The quantitative estimate of drug-likeness (QED) is 0.660. The van der Waals surface area contributed by atoms with Gasteiger partial charge in [-0.05, 0) is 6.42 Å². The first kappa shape index (κ1) is 9.16. The molecule has 3 heteroatoms. The van der Waals surface area contributed by atoms with Gasteiger partial charge in [0.25, 0.3) is 0 Å². The molecule has 0 aromatic carbocycles. The fourth-order valence-electron chi connectivity index (χ4n) is 1.82. The van der Waals surface area contributed by atoms with E-state index in [1.807, 2.05) is 13.8 Å². The van der Waals surface area contributed by atoms with Gasteiger partial charge >= 0.3 is 0 Å². The molecule has 1 aliphatic carbocycles. The topological polar surface area (TPSA) is 35.5 Å². The van der Waals surface area contributed by atoms with Gasteiger partial charge in [0, 0.05) is 6.42 Å². The minimum Gasteiger partial charge on any atom is -0.376 e. The number of carbonyl (C=O) groups is 1. The van der Waals surface area contributed by atoms with E-state index in [1.54, 1.807) is 0 Å². The van der Waals surface area contributed by atoms with Crippen molar-refractivity contribution in [3.05, 3.63) is 0 Å². The normalized spacial score (nSPS) is 39.8. The lowest BCUT2D eigenvalue weighted by atomic mass is 9.64. The Morgan fingerprint density at radius 3 is 2.69 bits per heavy atom. The van der Waals surface area contributed by atoms with Crippen molar-refractivity contribution in [3.63, 3.8) is 0 Å². The summed E-state index contributed by atoms with van der Waals surface area (Å²) in [5, 5.41) is 0. The third kappa shape index (κ3) is 1.30. The summed E-state index contributed by atoms with van der Waals surface area (Å²) in [6.45, 7) is 5.45. The Morgan fingerprint density at radius 2 is 2.31 bits per heavy atom. The van der Waals surface area contributed by atoms with Crippen LogP contribution in [0.5, 0.6) is 0 Å². The minimum atomic E-state index is -0.213. The van der Waals surface area contributed by atoms with E-state index in [-0.39, 0.29) is 17.6 Å². The Kier molecular flexibility index (Phi) is 2.16. The Balaban J connectivity index is 1.90. The van der Waals surface area contributed by atoms with Crippen LogP contribution < -0.4 is 0 Å². The molecule has 2 unspecified atom stereocenters. The van der Waals surface area contributed by atoms with Gasteiger partial charge in [0.15, 0.2) is 0 Å². The summed E-state index contributed by atoms with van der Waals surface area (Å²) in [6.07, 6.45) is 1.85. The highest BCUT2D eigenvalue weighted by Crippen LogP contribution is 2.43. The van der Waals surface area contributed by atoms with Crippen molar-refractivity contribution in [2.75, 3.05) is 13.2 Å². The molecule has 1 aliphatic heterocycles. The zero-order valence-corrected chi connectivity index (χ0v) is 8.21. The number of hydrogen-bond acceptors (Lipinski definition) is 3. The van der Waals surface area contributed by atoms with Crippen molar-refractivity contribution >= 4 is 5.78 Å². The molecule has 13 heavy (non-hydrogen) atoms. The molecular formula is C10H16O3. The monoisotopic (exact) mass is 184 g/mol. The largest absolute Gasteiger partial charge is 0.376 e. The number of rotatable bonds is 3. The second-order valence-electron chi connectivity index (χ2n) is 4.18. The van der Waals surface area contributed by atoms with Crippen LogP contribution >= 0.6 is 0 Å². The molecule has 2 fully saturated rings. The van der Waals surface area contributed by atoms with Crippen LogP contribution in [0.3, 0.4) is 0 Å². The molecule has 0 bridgehead atoms. The highest BCUT2D eigenvalue weighted by molar-refractivity contribution is 5.91. The zero-order chi connectivity index (χ0) is 9.47. The van der Waals surface area contributed by atoms with E-state index in [2.05, 4.69) is 0 Å². The van der Waals surface area contributed by atoms with Crippen LogP contribution in [0.2, 0.25) is 0 Å². The summed E-state index contributed by atoms with van der Waals surface area (Å²) in [5.41, 5.74) is -0.213. The lowest BCUT2D eigenvalue weighted by molar-refractivity contribution is -0.205. The van der Waals surface area contributed by atoms with Gasteiger partial charge in [0.2, 0.25) is 0 Å². The number of hydrogen-bond donors (Lipinski definition) is 0. The molecule has 0 aromatic heterocycles. The summed E-state index contributed by atoms with van der Waals surface area (Å²) in [4.78, 5) is 11.4. The van der Waals surface area contributed by atoms with Gasteiger partial charge < -0.3 is 9.47 Å². The van der Waals surface area contributed by atoms with Gasteiger partial charge in [0.05, 0.1) is 24.7 Å². The molecule has 2 aliphatic rings. The predicted octanol–water partition coefficient (Wildman–Crippen LogP) is 1.16. The van der Waals surface area contributed by atoms with Crippen LogP contribution in [-0.4, -0.2) is 31.2 Å². The molecule has 1 heterocycles. The smallest absolute Gasteiger partial charge is 0.143 e. The van der Waals surface area contributed by atoms with Gasteiger partial charge in [-0.25, -0.2) is 0 Å². The van der Waals surface area contributed by atoms with Crippen LogP contribution in [-0.2, 0) is 14.3 Å². The third-order valence-electron chi connectivity index (χ3n) is 3.42. The molecule has 1 saturated carbocycles. The van der Waals surface area contributed by atoms with Gasteiger partial charge in [-0.3, -0.25) is 4.79 Å². The fraction of sp³-hybridized carbons (Fsp3) is 0.900. The van der Waals surface area contributed by atoms with E-state index in [1.165, 1.54) is 0 Å². The van der Waals surface area contributed by atoms with E-state index < -0.39 is 0 Å². The first-order valence-corrected chi connectivity index (χ1v) is 4.93. The van der Waals surface area contributed by atoms with E-state index >= 15 is 0 Å². The van der Waals surface area contributed by atoms with Gasteiger partial charge in [0.1, 0.15) is 11.9 Å². The van der Waals surface area contributed by atoms with Crippen molar-refractivity contribution in [2.24, 2.45) is 5.41 Å². The maximum atomic E-state index is 11.4. The van der Waals surface area contributed by atoms with E-state index in [0.29, 0.717) is 25.4 Å². The Hall–Kier alpha value is -0.410. The molecule has 0 spiro atoms. The summed E-state index contributed by atoms with van der Waals surface area (Å²) in [7, 11) is 0. The van der Waals surface area contributed by atoms with Crippen LogP contribution in [0, 0.1) is 5.41 Å². The number of ether oxygens (including phenoxy) is 2. The van der Waals surface area contributed by atoms with Gasteiger partial charge in [-0.15, -0.1) is 0 Å².